The van der Waals surface area contributed by atoms with Gasteiger partial charge in [0.15, 0.2) is 0 Å². The van der Waals surface area contributed by atoms with E-state index in [2.05, 4.69) is 34.5 Å². The molecule has 2 aromatic rings. The molecule has 1 fully saturated rings. The Morgan fingerprint density at radius 2 is 2.00 bits per heavy atom. The third-order valence-electron chi connectivity index (χ3n) is 5.46. The van der Waals surface area contributed by atoms with Crippen molar-refractivity contribution in [3.63, 3.8) is 0 Å². The van der Waals surface area contributed by atoms with E-state index in [1.54, 1.807) is 6.07 Å². The number of likely N-dealkylation sites (N-methyl/N-ethyl adjacent to an activating group) is 1. The summed E-state index contributed by atoms with van der Waals surface area (Å²) in [6.07, 6.45) is 1.10. The Morgan fingerprint density at radius 3 is 2.71 bits per heavy atom. The summed E-state index contributed by atoms with van der Waals surface area (Å²) in [5.41, 5.74) is 2.22. The summed E-state index contributed by atoms with van der Waals surface area (Å²) in [5, 5.41) is 4.33. The molecule has 2 unspecified atom stereocenters. The van der Waals surface area contributed by atoms with Crippen molar-refractivity contribution in [2.75, 3.05) is 38.1 Å². The van der Waals surface area contributed by atoms with Gasteiger partial charge >= 0.3 is 0 Å². The van der Waals surface area contributed by atoms with Gasteiger partial charge in [-0.15, -0.1) is 0 Å². The second kappa shape index (κ2) is 9.64. The van der Waals surface area contributed by atoms with Crippen LogP contribution >= 0.6 is 23.2 Å². The van der Waals surface area contributed by atoms with Crippen molar-refractivity contribution in [3.05, 3.63) is 64.1 Å². The number of hydrogen-bond acceptors (Lipinski definition) is 3. The fourth-order valence-electron chi connectivity index (χ4n) is 3.63. The van der Waals surface area contributed by atoms with Gasteiger partial charge in [-0.3, -0.25) is 9.69 Å². The maximum Gasteiger partial charge on any atom is 0.234 e. The Hall–Kier alpha value is -1.75. The van der Waals surface area contributed by atoms with Crippen molar-refractivity contribution in [1.29, 1.82) is 0 Å². The van der Waals surface area contributed by atoms with E-state index in [4.69, 9.17) is 23.2 Å². The number of amides is 1. The maximum atomic E-state index is 12.4. The van der Waals surface area contributed by atoms with E-state index in [9.17, 15) is 4.79 Å². The van der Waals surface area contributed by atoms with Crippen LogP contribution in [0.25, 0.3) is 0 Å². The van der Waals surface area contributed by atoms with Crippen LogP contribution in [-0.2, 0) is 4.79 Å². The first kappa shape index (κ1) is 21.0. The highest BCUT2D eigenvalue weighted by molar-refractivity contribution is 6.35. The molecule has 3 rings (SSSR count). The first-order chi connectivity index (χ1) is 13.4. The van der Waals surface area contributed by atoms with Gasteiger partial charge in [-0.2, -0.15) is 0 Å². The van der Waals surface area contributed by atoms with Gasteiger partial charge in [0.05, 0.1) is 6.54 Å². The molecule has 28 heavy (non-hydrogen) atoms. The van der Waals surface area contributed by atoms with Crippen LogP contribution in [0.1, 0.15) is 24.9 Å². The topological polar surface area (TPSA) is 35.6 Å². The largest absolute Gasteiger partial charge is 0.371 e. The Balaban J connectivity index is 1.45. The zero-order valence-corrected chi connectivity index (χ0v) is 17.9. The number of benzene rings is 2. The Kier molecular flexibility index (Phi) is 7.22. The van der Waals surface area contributed by atoms with Crippen LogP contribution in [0.15, 0.2) is 48.5 Å². The second-order valence-corrected chi connectivity index (χ2v) is 8.34. The molecule has 150 valence electrons. The van der Waals surface area contributed by atoms with E-state index in [-0.39, 0.29) is 11.9 Å². The van der Waals surface area contributed by atoms with Crippen molar-refractivity contribution >= 4 is 34.8 Å². The van der Waals surface area contributed by atoms with Gasteiger partial charge in [-0.1, -0.05) is 47.5 Å². The lowest BCUT2D eigenvalue weighted by molar-refractivity contribution is -0.122. The molecule has 0 bridgehead atoms. The van der Waals surface area contributed by atoms with Crippen LogP contribution in [0, 0.1) is 5.92 Å². The Labute approximate surface area is 177 Å². The minimum absolute atomic E-state index is 0.0237. The third-order valence-corrected chi connectivity index (χ3v) is 6.02. The summed E-state index contributed by atoms with van der Waals surface area (Å²) in [5.74, 6) is 0.523. The van der Waals surface area contributed by atoms with Crippen molar-refractivity contribution in [1.82, 2.24) is 10.2 Å². The van der Waals surface area contributed by atoms with E-state index in [1.165, 1.54) is 5.69 Å². The predicted molar refractivity (Wildman–Crippen MR) is 117 cm³/mol. The number of nitrogens with one attached hydrogen (secondary N) is 1. The number of nitrogens with zero attached hydrogens (tertiary/aromatic N) is 2. The number of halogens is 2. The SMILES string of the molecule is CC(c1ccc(Cl)cc1Cl)N(C)CC(=O)NCC1CCN(c2ccccc2)C1. The Morgan fingerprint density at radius 1 is 1.25 bits per heavy atom. The molecule has 0 radical (unpaired) electrons. The van der Waals surface area contributed by atoms with Crippen LogP contribution in [-0.4, -0.2) is 44.0 Å². The lowest BCUT2D eigenvalue weighted by atomic mass is 10.1. The highest BCUT2D eigenvalue weighted by Crippen LogP contribution is 2.29. The average molecular weight is 420 g/mol. The molecular weight excluding hydrogens is 393 g/mol. The third kappa shape index (κ3) is 5.40. The zero-order valence-electron chi connectivity index (χ0n) is 16.4. The van der Waals surface area contributed by atoms with E-state index in [0.717, 1.165) is 25.1 Å². The van der Waals surface area contributed by atoms with Crippen LogP contribution < -0.4 is 10.2 Å². The average Bonchev–Trinajstić information content (AvgIpc) is 3.16. The van der Waals surface area contributed by atoms with Crippen molar-refractivity contribution < 1.29 is 4.79 Å². The molecule has 0 saturated carbocycles. The number of anilines is 1. The summed E-state index contributed by atoms with van der Waals surface area (Å²) in [4.78, 5) is 16.8. The molecule has 1 aliphatic rings. The summed E-state index contributed by atoms with van der Waals surface area (Å²) in [6.45, 7) is 5.10. The fourth-order valence-corrected chi connectivity index (χ4v) is 4.19. The first-order valence-corrected chi connectivity index (χ1v) is 10.4. The zero-order chi connectivity index (χ0) is 20.1. The molecule has 2 aromatic carbocycles. The number of carbonyl (C=O) groups excluding carboxylic acids is 1. The summed E-state index contributed by atoms with van der Waals surface area (Å²) in [7, 11) is 1.93. The van der Waals surface area contributed by atoms with Crippen LogP contribution in [0.5, 0.6) is 0 Å². The molecule has 1 aliphatic heterocycles. The molecule has 1 amide bonds. The standard InChI is InChI=1S/C22H27Cl2N3O/c1-16(20-9-8-18(23)12-21(20)24)26(2)15-22(28)25-13-17-10-11-27(14-17)19-6-4-3-5-7-19/h3-9,12,16-17H,10-11,13-15H2,1-2H3,(H,25,28). The first-order valence-electron chi connectivity index (χ1n) is 9.66. The van der Waals surface area contributed by atoms with Gasteiger partial charge < -0.3 is 10.2 Å². The lowest BCUT2D eigenvalue weighted by Crippen LogP contribution is -2.39. The number of hydrogen-bond donors (Lipinski definition) is 1. The molecule has 4 nitrogen and oxygen atoms in total. The number of para-hydroxylation sites is 1. The van der Waals surface area contributed by atoms with Crippen molar-refractivity contribution in [2.45, 2.75) is 19.4 Å². The molecule has 1 heterocycles. The van der Waals surface area contributed by atoms with Crippen LogP contribution in [0.3, 0.4) is 0 Å². The quantitative estimate of drug-likeness (QED) is 0.710. The van der Waals surface area contributed by atoms with Gasteiger partial charge in [-0.25, -0.2) is 0 Å². The molecule has 1 N–H and O–H groups in total. The van der Waals surface area contributed by atoms with Gasteiger partial charge in [-0.05, 0) is 56.1 Å². The highest BCUT2D eigenvalue weighted by Gasteiger charge is 2.23. The smallest absolute Gasteiger partial charge is 0.234 e. The van der Waals surface area contributed by atoms with E-state index in [1.807, 2.05) is 37.1 Å². The molecule has 2 atom stereocenters. The van der Waals surface area contributed by atoms with E-state index < -0.39 is 0 Å². The van der Waals surface area contributed by atoms with Gasteiger partial charge in [0.2, 0.25) is 5.91 Å². The predicted octanol–water partition coefficient (Wildman–Crippen LogP) is 4.63. The van der Waals surface area contributed by atoms with Crippen LogP contribution in [0.2, 0.25) is 10.0 Å². The van der Waals surface area contributed by atoms with Crippen molar-refractivity contribution in [3.8, 4) is 0 Å². The summed E-state index contributed by atoms with van der Waals surface area (Å²) < 4.78 is 0. The summed E-state index contributed by atoms with van der Waals surface area (Å²) in [6, 6.07) is 15.9. The minimum Gasteiger partial charge on any atom is -0.371 e. The molecule has 1 saturated heterocycles. The molecule has 0 aliphatic carbocycles. The highest BCUT2D eigenvalue weighted by atomic mass is 35.5. The normalized spacial score (nSPS) is 17.8. The van der Waals surface area contributed by atoms with Crippen molar-refractivity contribution in [2.24, 2.45) is 5.92 Å². The molecule has 6 heteroatoms. The number of rotatable bonds is 7. The van der Waals surface area contributed by atoms with Crippen LogP contribution in [0.4, 0.5) is 5.69 Å². The minimum atomic E-state index is 0.0237. The van der Waals surface area contributed by atoms with E-state index >= 15 is 0 Å². The Bertz CT molecular complexity index is 800. The molecule has 0 spiro atoms. The molecular formula is C22H27Cl2N3O. The monoisotopic (exact) mass is 419 g/mol. The lowest BCUT2D eigenvalue weighted by Gasteiger charge is -2.25. The molecule has 0 aromatic heterocycles. The van der Waals surface area contributed by atoms with Gasteiger partial charge in [0.1, 0.15) is 0 Å². The van der Waals surface area contributed by atoms with Gasteiger partial charge in [0, 0.05) is 41.4 Å². The van der Waals surface area contributed by atoms with Gasteiger partial charge in [0.25, 0.3) is 0 Å². The summed E-state index contributed by atoms with van der Waals surface area (Å²) >= 11 is 12.3. The number of carbonyl (C=O) groups is 1. The van der Waals surface area contributed by atoms with E-state index in [0.29, 0.717) is 29.1 Å². The second-order valence-electron chi connectivity index (χ2n) is 7.50. The fraction of sp³-hybridized carbons (Fsp3) is 0.409. The maximum absolute atomic E-state index is 12.4.